The Balaban J connectivity index is 2.68. The van der Waals surface area contributed by atoms with Gasteiger partial charge in [-0.15, -0.1) is 0 Å². The first-order valence-corrected chi connectivity index (χ1v) is 5.34. The van der Waals surface area contributed by atoms with Crippen molar-refractivity contribution >= 4 is 0 Å². The summed E-state index contributed by atoms with van der Waals surface area (Å²) in [4.78, 5) is 0. The van der Waals surface area contributed by atoms with Gasteiger partial charge in [0.15, 0.2) is 0 Å². The lowest BCUT2D eigenvalue weighted by Gasteiger charge is -2.19. The maximum atomic E-state index is 8.61. The van der Waals surface area contributed by atoms with Crippen molar-refractivity contribution in [3.63, 3.8) is 0 Å². The molecule has 0 fully saturated rings. The van der Waals surface area contributed by atoms with Crippen LogP contribution in [-0.4, -0.2) is 17.3 Å². The van der Waals surface area contributed by atoms with Crippen molar-refractivity contribution in [1.82, 2.24) is 0 Å². The molecule has 0 radical (unpaired) electrons. The molecule has 2 nitrogen and oxygen atoms in total. The van der Waals surface area contributed by atoms with Crippen molar-refractivity contribution < 1.29 is 9.84 Å². The molecule has 0 saturated carbocycles. The maximum absolute atomic E-state index is 8.61. The van der Waals surface area contributed by atoms with Crippen LogP contribution in [0.2, 0.25) is 0 Å². The van der Waals surface area contributed by atoms with Crippen LogP contribution in [0.15, 0.2) is 24.3 Å². The molecule has 0 aliphatic heterocycles. The van der Waals surface area contributed by atoms with Gasteiger partial charge in [-0.2, -0.15) is 0 Å². The molecule has 0 saturated heterocycles. The molecular weight excluding hydrogens is 200 g/mol. The zero-order valence-electron chi connectivity index (χ0n) is 10.1. The van der Waals surface area contributed by atoms with Crippen LogP contribution in [0.25, 0.3) is 0 Å². The number of hydrogen-bond acceptors (Lipinski definition) is 2. The fourth-order valence-corrected chi connectivity index (χ4v) is 1.18. The highest BCUT2D eigenvalue weighted by Gasteiger charge is 2.09. The van der Waals surface area contributed by atoms with Crippen LogP contribution in [0.3, 0.4) is 0 Å². The predicted molar refractivity (Wildman–Crippen MR) is 64.9 cm³/mol. The fraction of sp³-hybridized carbons (Fsp3) is 0.429. The third-order valence-electron chi connectivity index (χ3n) is 1.91. The Hall–Kier alpha value is -1.30. The number of ether oxygens (including phenoxy) is 1. The lowest BCUT2D eigenvalue weighted by molar-refractivity contribution is -0.0149. The first-order chi connectivity index (χ1) is 7.51. The van der Waals surface area contributed by atoms with E-state index in [1.165, 1.54) is 0 Å². The third kappa shape index (κ3) is 4.97. The van der Waals surface area contributed by atoms with Crippen molar-refractivity contribution in [2.75, 3.05) is 6.61 Å². The van der Waals surface area contributed by atoms with Gasteiger partial charge in [-0.25, -0.2) is 0 Å². The van der Waals surface area contributed by atoms with E-state index in [0.717, 1.165) is 11.1 Å². The van der Waals surface area contributed by atoms with Crippen LogP contribution in [0, 0.1) is 11.8 Å². The molecule has 0 aliphatic carbocycles. The summed E-state index contributed by atoms with van der Waals surface area (Å²) >= 11 is 0. The minimum Gasteiger partial charge on any atom is -0.384 e. The summed E-state index contributed by atoms with van der Waals surface area (Å²) < 4.78 is 5.68. The topological polar surface area (TPSA) is 29.5 Å². The molecular formula is C14H18O2. The Morgan fingerprint density at radius 2 is 2.06 bits per heavy atom. The second-order valence-corrected chi connectivity index (χ2v) is 4.56. The molecule has 1 N–H and O–H groups in total. The minimum atomic E-state index is -0.132. The average molecular weight is 218 g/mol. The lowest BCUT2D eigenvalue weighted by Crippen LogP contribution is -2.18. The Labute approximate surface area is 97.3 Å². The summed E-state index contributed by atoms with van der Waals surface area (Å²) in [5.41, 5.74) is 1.87. The number of aliphatic hydroxyl groups is 1. The largest absolute Gasteiger partial charge is 0.384 e. The molecule has 1 aromatic rings. The van der Waals surface area contributed by atoms with Crippen molar-refractivity contribution in [3.8, 4) is 11.8 Å². The highest BCUT2D eigenvalue weighted by Crippen LogP contribution is 2.12. The van der Waals surface area contributed by atoms with Gasteiger partial charge in [-0.05, 0) is 38.5 Å². The lowest BCUT2D eigenvalue weighted by atomic mass is 10.1. The molecule has 16 heavy (non-hydrogen) atoms. The first-order valence-electron chi connectivity index (χ1n) is 5.34. The van der Waals surface area contributed by atoms with Crippen LogP contribution in [-0.2, 0) is 11.3 Å². The summed E-state index contributed by atoms with van der Waals surface area (Å²) in [6, 6.07) is 7.86. The van der Waals surface area contributed by atoms with E-state index >= 15 is 0 Å². The van der Waals surface area contributed by atoms with Gasteiger partial charge < -0.3 is 9.84 Å². The van der Waals surface area contributed by atoms with E-state index in [1.54, 1.807) is 0 Å². The van der Waals surface area contributed by atoms with E-state index in [-0.39, 0.29) is 12.2 Å². The molecule has 1 aromatic carbocycles. The summed E-state index contributed by atoms with van der Waals surface area (Å²) in [6.45, 7) is 6.56. The zero-order valence-corrected chi connectivity index (χ0v) is 10.1. The predicted octanol–water partition coefficient (Wildman–Crippen LogP) is 2.35. The van der Waals surface area contributed by atoms with Crippen LogP contribution < -0.4 is 0 Å². The molecule has 0 bridgehead atoms. The quantitative estimate of drug-likeness (QED) is 0.772. The monoisotopic (exact) mass is 218 g/mol. The van der Waals surface area contributed by atoms with Crippen LogP contribution in [0.5, 0.6) is 0 Å². The molecule has 0 amide bonds. The molecule has 2 heteroatoms. The first kappa shape index (κ1) is 12.8. The normalized spacial score (nSPS) is 10.8. The molecule has 1 rings (SSSR count). The van der Waals surface area contributed by atoms with E-state index in [2.05, 4.69) is 11.8 Å². The van der Waals surface area contributed by atoms with Gasteiger partial charge in [0.25, 0.3) is 0 Å². The average Bonchev–Trinajstić information content (AvgIpc) is 2.23. The molecule has 0 aliphatic rings. The Morgan fingerprint density at radius 3 is 2.69 bits per heavy atom. The third-order valence-corrected chi connectivity index (χ3v) is 1.91. The molecule has 0 unspecified atom stereocenters. The Kier molecular flexibility index (Phi) is 4.54. The number of benzene rings is 1. The molecule has 0 aromatic heterocycles. The number of hydrogen-bond donors (Lipinski definition) is 1. The van der Waals surface area contributed by atoms with E-state index in [9.17, 15) is 0 Å². The van der Waals surface area contributed by atoms with E-state index in [0.29, 0.717) is 6.61 Å². The summed E-state index contributed by atoms with van der Waals surface area (Å²) in [5.74, 6) is 5.51. The SMILES string of the molecule is CC(C)(C)OCc1cccc(C#CCO)c1. The van der Waals surface area contributed by atoms with E-state index in [1.807, 2.05) is 45.0 Å². The minimum absolute atomic E-state index is 0.108. The summed E-state index contributed by atoms with van der Waals surface area (Å²) in [5, 5.41) is 8.61. The molecule has 0 heterocycles. The van der Waals surface area contributed by atoms with Gasteiger partial charge in [-0.1, -0.05) is 24.0 Å². The van der Waals surface area contributed by atoms with Crippen molar-refractivity contribution in [2.24, 2.45) is 0 Å². The van der Waals surface area contributed by atoms with Gasteiger partial charge in [0.1, 0.15) is 6.61 Å². The maximum Gasteiger partial charge on any atom is 0.104 e. The zero-order chi connectivity index (χ0) is 12.0. The second-order valence-electron chi connectivity index (χ2n) is 4.56. The van der Waals surface area contributed by atoms with Gasteiger partial charge in [0.05, 0.1) is 12.2 Å². The van der Waals surface area contributed by atoms with Crippen molar-refractivity contribution in [1.29, 1.82) is 0 Å². The smallest absolute Gasteiger partial charge is 0.104 e. The highest BCUT2D eigenvalue weighted by molar-refractivity contribution is 5.36. The molecule has 0 atom stereocenters. The van der Waals surface area contributed by atoms with E-state index < -0.39 is 0 Å². The second kappa shape index (κ2) is 5.69. The van der Waals surface area contributed by atoms with Gasteiger partial charge in [-0.3, -0.25) is 0 Å². The van der Waals surface area contributed by atoms with Crippen molar-refractivity contribution in [3.05, 3.63) is 35.4 Å². The molecule has 0 spiro atoms. The Morgan fingerprint density at radius 1 is 1.31 bits per heavy atom. The number of aliphatic hydroxyl groups excluding tert-OH is 1. The van der Waals surface area contributed by atoms with Crippen LogP contribution in [0.4, 0.5) is 0 Å². The Bertz CT molecular complexity index is 391. The van der Waals surface area contributed by atoms with Gasteiger partial charge in [0.2, 0.25) is 0 Å². The van der Waals surface area contributed by atoms with Gasteiger partial charge >= 0.3 is 0 Å². The highest BCUT2D eigenvalue weighted by atomic mass is 16.5. The van der Waals surface area contributed by atoms with Crippen LogP contribution in [0.1, 0.15) is 31.9 Å². The molecule has 86 valence electrons. The summed E-state index contributed by atoms with van der Waals surface area (Å²) in [6.07, 6.45) is 0. The van der Waals surface area contributed by atoms with Crippen molar-refractivity contribution in [2.45, 2.75) is 33.0 Å². The van der Waals surface area contributed by atoms with Gasteiger partial charge in [0, 0.05) is 5.56 Å². The van der Waals surface area contributed by atoms with E-state index in [4.69, 9.17) is 9.84 Å². The summed E-state index contributed by atoms with van der Waals surface area (Å²) in [7, 11) is 0. The number of rotatable bonds is 2. The van der Waals surface area contributed by atoms with Crippen LogP contribution >= 0.6 is 0 Å². The standard InChI is InChI=1S/C14H18O2/c1-14(2,3)16-11-13-7-4-6-12(10-13)8-5-9-15/h4,6-7,10,15H,9,11H2,1-3H3. The fourth-order valence-electron chi connectivity index (χ4n) is 1.18.